The van der Waals surface area contributed by atoms with Gasteiger partial charge in [-0.25, -0.2) is 4.98 Å². The fourth-order valence-electron chi connectivity index (χ4n) is 2.29. The van der Waals surface area contributed by atoms with Crippen molar-refractivity contribution in [3.8, 4) is 0 Å². The number of nitrogens with zero attached hydrogens (tertiary/aromatic N) is 3. The van der Waals surface area contributed by atoms with E-state index in [4.69, 9.17) is 17.3 Å². The average molecular weight is 319 g/mol. The molecule has 3 aromatic rings. The first kappa shape index (κ1) is 14.1. The molecule has 3 rings (SSSR count). The molecule has 0 radical (unpaired) electrons. The van der Waals surface area contributed by atoms with Gasteiger partial charge in [-0.1, -0.05) is 29.8 Å². The van der Waals surface area contributed by atoms with E-state index in [1.165, 1.54) is 4.88 Å². The van der Waals surface area contributed by atoms with Crippen LogP contribution in [0.2, 0.25) is 5.02 Å². The molecule has 0 spiro atoms. The van der Waals surface area contributed by atoms with Crippen LogP contribution < -0.4 is 10.6 Å². The Balaban J connectivity index is 2.01. The van der Waals surface area contributed by atoms with Crippen LogP contribution in [0.4, 0.5) is 11.8 Å². The first-order chi connectivity index (χ1) is 10.0. The molecule has 2 N–H and O–H groups in total. The second kappa shape index (κ2) is 5.50. The molecule has 6 heteroatoms. The van der Waals surface area contributed by atoms with Gasteiger partial charge in [0.25, 0.3) is 0 Å². The third-order valence-electron chi connectivity index (χ3n) is 3.24. The quantitative estimate of drug-likeness (QED) is 0.796. The molecule has 0 aliphatic rings. The molecule has 0 fully saturated rings. The fraction of sp³-hybridized carbons (Fsp3) is 0.200. The minimum atomic E-state index is 0.297. The number of fused-ring (bicyclic) bond motifs is 1. The van der Waals surface area contributed by atoms with E-state index in [9.17, 15) is 0 Å². The highest BCUT2D eigenvalue weighted by Gasteiger charge is 2.14. The van der Waals surface area contributed by atoms with Gasteiger partial charge in [-0.15, -0.1) is 11.3 Å². The van der Waals surface area contributed by atoms with Crippen LogP contribution in [0.15, 0.2) is 30.3 Å². The molecule has 108 valence electrons. The van der Waals surface area contributed by atoms with Gasteiger partial charge in [-0.3, -0.25) is 0 Å². The van der Waals surface area contributed by atoms with Gasteiger partial charge in [0.2, 0.25) is 5.95 Å². The number of nitrogens with two attached hydrogens (primary N) is 1. The smallest absolute Gasteiger partial charge is 0.223 e. The van der Waals surface area contributed by atoms with E-state index in [2.05, 4.69) is 23.0 Å². The lowest BCUT2D eigenvalue weighted by Crippen LogP contribution is -2.19. The molecular formula is C15H15ClN4S. The highest BCUT2D eigenvalue weighted by molar-refractivity contribution is 7.18. The van der Waals surface area contributed by atoms with Gasteiger partial charge in [0.05, 0.1) is 5.39 Å². The average Bonchev–Trinajstić information content (AvgIpc) is 2.80. The van der Waals surface area contributed by atoms with Crippen LogP contribution in [0.3, 0.4) is 0 Å². The Hall–Kier alpha value is -1.85. The second-order valence-electron chi connectivity index (χ2n) is 4.93. The number of halogens is 1. The van der Waals surface area contributed by atoms with Gasteiger partial charge < -0.3 is 10.6 Å². The van der Waals surface area contributed by atoms with Gasteiger partial charge >= 0.3 is 0 Å². The SMILES string of the molecule is Cc1cc2c(N(C)Cc3ccccc3Cl)nc(N)nc2s1. The van der Waals surface area contributed by atoms with E-state index in [1.54, 1.807) is 11.3 Å². The third kappa shape index (κ3) is 2.80. The van der Waals surface area contributed by atoms with Crippen LogP contribution in [0.25, 0.3) is 10.2 Å². The Bertz CT molecular complexity index is 799. The zero-order valence-corrected chi connectivity index (χ0v) is 13.4. The van der Waals surface area contributed by atoms with Gasteiger partial charge in [0.15, 0.2) is 0 Å². The van der Waals surface area contributed by atoms with E-state index in [1.807, 2.05) is 36.2 Å². The van der Waals surface area contributed by atoms with Gasteiger partial charge in [0.1, 0.15) is 10.6 Å². The topological polar surface area (TPSA) is 55.0 Å². The summed E-state index contributed by atoms with van der Waals surface area (Å²) in [6, 6.07) is 9.91. The number of anilines is 2. The predicted octanol–water partition coefficient (Wildman–Crippen LogP) is 3.87. The molecule has 0 saturated heterocycles. The molecule has 0 amide bonds. The summed E-state index contributed by atoms with van der Waals surface area (Å²) in [4.78, 5) is 12.9. The first-order valence-electron chi connectivity index (χ1n) is 6.53. The van der Waals surface area contributed by atoms with E-state index in [0.717, 1.165) is 26.6 Å². The number of hydrogen-bond acceptors (Lipinski definition) is 5. The summed E-state index contributed by atoms with van der Waals surface area (Å²) in [5, 5.41) is 1.78. The summed E-state index contributed by atoms with van der Waals surface area (Å²) in [5.41, 5.74) is 6.88. The molecular weight excluding hydrogens is 304 g/mol. The minimum Gasteiger partial charge on any atom is -0.368 e. The zero-order chi connectivity index (χ0) is 15.0. The van der Waals surface area contributed by atoms with Crippen molar-refractivity contribution in [1.82, 2.24) is 9.97 Å². The van der Waals surface area contributed by atoms with Crippen LogP contribution in [-0.2, 0) is 6.54 Å². The number of hydrogen-bond donors (Lipinski definition) is 1. The molecule has 0 aliphatic heterocycles. The van der Waals surface area contributed by atoms with Gasteiger partial charge in [-0.05, 0) is 24.6 Å². The number of nitrogen functional groups attached to an aromatic ring is 1. The maximum atomic E-state index is 6.23. The summed E-state index contributed by atoms with van der Waals surface area (Å²) in [6.07, 6.45) is 0. The summed E-state index contributed by atoms with van der Waals surface area (Å²) >= 11 is 7.85. The molecule has 0 saturated carbocycles. The molecule has 0 bridgehead atoms. The lowest BCUT2D eigenvalue weighted by Gasteiger charge is -2.20. The maximum absolute atomic E-state index is 6.23. The Morgan fingerprint density at radius 1 is 1.29 bits per heavy atom. The van der Waals surface area contributed by atoms with Crippen molar-refractivity contribution in [2.24, 2.45) is 0 Å². The van der Waals surface area contributed by atoms with Crippen LogP contribution in [0.5, 0.6) is 0 Å². The van der Waals surface area contributed by atoms with Crippen LogP contribution in [0.1, 0.15) is 10.4 Å². The molecule has 0 unspecified atom stereocenters. The monoisotopic (exact) mass is 318 g/mol. The van der Waals surface area contributed by atoms with E-state index >= 15 is 0 Å². The number of aryl methyl sites for hydroxylation is 1. The molecule has 2 heterocycles. The molecule has 4 nitrogen and oxygen atoms in total. The lowest BCUT2D eigenvalue weighted by atomic mass is 10.2. The number of thiophene rings is 1. The molecule has 0 aliphatic carbocycles. The number of benzene rings is 1. The van der Waals surface area contributed by atoms with Crippen molar-refractivity contribution >= 4 is 44.9 Å². The highest BCUT2D eigenvalue weighted by atomic mass is 35.5. The van der Waals surface area contributed by atoms with Crippen molar-refractivity contribution in [2.45, 2.75) is 13.5 Å². The molecule has 21 heavy (non-hydrogen) atoms. The predicted molar refractivity (Wildman–Crippen MR) is 90.1 cm³/mol. The van der Waals surface area contributed by atoms with Crippen LogP contribution in [0, 0.1) is 6.92 Å². The fourth-order valence-corrected chi connectivity index (χ4v) is 3.37. The number of aromatic nitrogens is 2. The van der Waals surface area contributed by atoms with E-state index < -0.39 is 0 Å². The molecule has 1 aromatic carbocycles. The summed E-state index contributed by atoms with van der Waals surface area (Å²) in [5.74, 6) is 1.13. The van der Waals surface area contributed by atoms with Crippen molar-refractivity contribution in [3.05, 3.63) is 45.8 Å². The number of rotatable bonds is 3. The maximum Gasteiger partial charge on any atom is 0.223 e. The third-order valence-corrected chi connectivity index (χ3v) is 4.55. The standard InChI is InChI=1S/C15H15ClN4S/c1-9-7-11-13(18-15(17)19-14(11)21-9)20(2)8-10-5-3-4-6-12(10)16/h3-7H,8H2,1-2H3,(H2,17,18,19). The molecule has 0 atom stereocenters. The van der Waals surface area contributed by atoms with Crippen molar-refractivity contribution in [3.63, 3.8) is 0 Å². The Morgan fingerprint density at radius 2 is 2.05 bits per heavy atom. The van der Waals surface area contributed by atoms with Crippen LogP contribution in [-0.4, -0.2) is 17.0 Å². The van der Waals surface area contributed by atoms with Gasteiger partial charge in [-0.2, -0.15) is 4.98 Å². The second-order valence-corrected chi connectivity index (χ2v) is 6.57. The summed E-state index contributed by atoms with van der Waals surface area (Å²) in [6.45, 7) is 2.72. The normalized spacial score (nSPS) is 11.0. The van der Waals surface area contributed by atoms with Crippen molar-refractivity contribution in [2.75, 3.05) is 17.7 Å². The van der Waals surface area contributed by atoms with Crippen molar-refractivity contribution in [1.29, 1.82) is 0 Å². The Labute approximate surface area is 132 Å². The Morgan fingerprint density at radius 3 is 2.81 bits per heavy atom. The van der Waals surface area contributed by atoms with E-state index in [-0.39, 0.29) is 0 Å². The minimum absolute atomic E-state index is 0.297. The first-order valence-corrected chi connectivity index (χ1v) is 7.72. The van der Waals surface area contributed by atoms with Crippen molar-refractivity contribution < 1.29 is 0 Å². The Kier molecular flexibility index (Phi) is 3.69. The lowest BCUT2D eigenvalue weighted by molar-refractivity contribution is 0.903. The van der Waals surface area contributed by atoms with E-state index in [0.29, 0.717) is 12.5 Å². The largest absolute Gasteiger partial charge is 0.368 e. The molecule has 2 aromatic heterocycles. The summed E-state index contributed by atoms with van der Waals surface area (Å²) in [7, 11) is 1.98. The highest BCUT2D eigenvalue weighted by Crippen LogP contribution is 2.31. The zero-order valence-electron chi connectivity index (χ0n) is 11.8. The van der Waals surface area contributed by atoms with Gasteiger partial charge in [0, 0.05) is 23.5 Å². The summed E-state index contributed by atoms with van der Waals surface area (Å²) < 4.78 is 0. The van der Waals surface area contributed by atoms with Crippen LogP contribution >= 0.6 is 22.9 Å².